The van der Waals surface area contributed by atoms with Crippen LogP contribution in [0.4, 0.5) is 5.13 Å². The Hall–Kier alpha value is -1.67. The average molecular weight is 322 g/mol. The van der Waals surface area contributed by atoms with Gasteiger partial charge in [0.05, 0.1) is 16.3 Å². The summed E-state index contributed by atoms with van der Waals surface area (Å²) in [5, 5.41) is 8.65. The molecular weight excluding hydrogens is 300 g/mol. The van der Waals surface area contributed by atoms with Crippen LogP contribution < -0.4 is 11.1 Å². The van der Waals surface area contributed by atoms with Gasteiger partial charge in [-0.1, -0.05) is 11.3 Å². The lowest BCUT2D eigenvalue weighted by Crippen LogP contribution is -2.42. The Bertz CT molecular complexity index is 644. The van der Waals surface area contributed by atoms with E-state index in [1.54, 1.807) is 11.3 Å². The number of hydrogen-bond donors (Lipinski definition) is 2. The van der Waals surface area contributed by atoms with Crippen molar-refractivity contribution in [3.05, 3.63) is 5.69 Å². The summed E-state index contributed by atoms with van der Waals surface area (Å²) >= 11 is 1.64. The first-order chi connectivity index (χ1) is 10.5. The molecule has 2 aromatic heterocycles. The van der Waals surface area contributed by atoms with Crippen LogP contribution in [-0.4, -0.2) is 51.8 Å². The highest BCUT2D eigenvalue weighted by Gasteiger charge is 2.23. The number of thiazole rings is 1. The van der Waals surface area contributed by atoms with Crippen LogP contribution >= 0.6 is 11.3 Å². The number of nitrogens with one attached hydrogen (secondary N) is 1. The van der Waals surface area contributed by atoms with Crippen molar-refractivity contribution in [2.45, 2.75) is 19.8 Å². The molecule has 1 atom stereocenters. The van der Waals surface area contributed by atoms with Gasteiger partial charge in [0.25, 0.3) is 0 Å². The molecule has 0 aliphatic carbocycles. The summed E-state index contributed by atoms with van der Waals surface area (Å²) in [7, 11) is 1.91. The molecule has 7 nitrogen and oxygen atoms in total. The molecule has 0 spiro atoms. The first-order valence-electron chi connectivity index (χ1n) is 7.60. The lowest BCUT2D eigenvalue weighted by molar-refractivity contribution is -0.123. The molecule has 0 aromatic carbocycles. The normalized spacial score (nSPS) is 19.6. The van der Waals surface area contributed by atoms with Gasteiger partial charge in [-0.3, -0.25) is 4.79 Å². The Morgan fingerprint density at radius 1 is 1.55 bits per heavy atom. The highest BCUT2D eigenvalue weighted by atomic mass is 32.1. The molecule has 0 radical (unpaired) electrons. The van der Waals surface area contributed by atoms with E-state index < -0.39 is 0 Å². The van der Waals surface area contributed by atoms with E-state index in [0.717, 1.165) is 60.2 Å². The zero-order chi connectivity index (χ0) is 15.7. The standard InChI is InChI=1S/C14H22N6OS/c1-9-11-13(19(2)18-9)17-14(22-11)16-5-7-20-6-3-4-10(8-20)12(15)21/h10H,3-8H2,1-2H3,(H2,15,21)(H,16,17)/t10-/m0/s1. The Kier molecular flexibility index (Phi) is 4.30. The smallest absolute Gasteiger partial charge is 0.221 e. The minimum atomic E-state index is -0.174. The number of piperidine rings is 1. The second-order valence-corrected chi connectivity index (χ2v) is 6.85. The molecular formula is C14H22N6OS. The number of amides is 1. The number of carbonyl (C=O) groups is 1. The van der Waals surface area contributed by atoms with Crippen molar-refractivity contribution < 1.29 is 4.79 Å². The quantitative estimate of drug-likeness (QED) is 0.855. The van der Waals surface area contributed by atoms with Gasteiger partial charge in [-0.2, -0.15) is 5.10 Å². The second kappa shape index (κ2) is 6.21. The summed E-state index contributed by atoms with van der Waals surface area (Å²) in [4.78, 5) is 18.2. The Morgan fingerprint density at radius 2 is 2.36 bits per heavy atom. The van der Waals surface area contributed by atoms with Crippen molar-refractivity contribution in [1.82, 2.24) is 19.7 Å². The molecule has 22 heavy (non-hydrogen) atoms. The van der Waals surface area contributed by atoms with Crippen molar-refractivity contribution in [3.63, 3.8) is 0 Å². The van der Waals surface area contributed by atoms with Gasteiger partial charge >= 0.3 is 0 Å². The number of likely N-dealkylation sites (tertiary alicyclic amines) is 1. The van der Waals surface area contributed by atoms with Crippen LogP contribution in [0.5, 0.6) is 0 Å². The van der Waals surface area contributed by atoms with E-state index in [1.165, 1.54) is 0 Å². The first-order valence-corrected chi connectivity index (χ1v) is 8.42. The van der Waals surface area contributed by atoms with Crippen LogP contribution in [0.1, 0.15) is 18.5 Å². The van der Waals surface area contributed by atoms with E-state index in [1.807, 2.05) is 18.7 Å². The van der Waals surface area contributed by atoms with Gasteiger partial charge in [-0.05, 0) is 26.3 Å². The largest absolute Gasteiger partial charge is 0.369 e. The lowest BCUT2D eigenvalue weighted by atomic mass is 9.97. The zero-order valence-electron chi connectivity index (χ0n) is 13.0. The number of carbonyl (C=O) groups excluding carboxylic acids is 1. The Balaban J connectivity index is 1.53. The lowest BCUT2D eigenvalue weighted by Gasteiger charge is -2.30. The first kappa shape index (κ1) is 15.2. The van der Waals surface area contributed by atoms with Gasteiger partial charge in [0, 0.05) is 26.7 Å². The van der Waals surface area contributed by atoms with Gasteiger partial charge in [0.15, 0.2) is 10.8 Å². The minimum Gasteiger partial charge on any atom is -0.369 e. The number of rotatable bonds is 5. The van der Waals surface area contributed by atoms with Gasteiger partial charge in [0.1, 0.15) is 0 Å². The van der Waals surface area contributed by atoms with E-state index >= 15 is 0 Å². The second-order valence-electron chi connectivity index (χ2n) is 5.85. The molecule has 120 valence electrons. The minimum absolute atomic E-state index is 0.00456. The molecule has 3 rings (SSSR count). The van der Waals surface area contributed by atoms with Crippen molar-refractivity contribution in [1.29, 1.82) is 0 Å². The predicted octanol–water partition coefficient (Wildman–Crippen LogP) is 0.947. The number of fused-ring (bicyclic) bond motifs is 1. The highest BCUT2D eigenvalue weighted by Crippen LogP contribution is 2.27. The third-order valence-electron chi connectivity index (χ3n) is 4.16. The molecule has 0 unspecified atom stereocenters. The topological polar surface area (TPSA) is 89.1 Å². The zero-order valence-corrected chi connectivity index (χ0v) is 13.8. The summed E-state index contributed by atoms with van der Waals surface area (Å²) in [6, 6.07) is 0. The van der Waals surface area contributed by atoms with Gasteiger partial charge in [-0.25, -0.2) is 9.67 Å². The molecule has 0 saturated carbocycles. The van der Waals surface area contributed by atoms with Gasteiger partial charge in [0.2, 0.25) is 5.91 Å². The van der Waals surface area contributed by atoms with Gasteiger partial charge in [-0.15, -0.1) is 0 Å². The van der Waals surface area contributed by atoms with E-state index in [-0.39, 0.29) is 11.8 Å². The fourth-order valence-electron chi connectivity index (χ4n) is 2.97. The molecule has 0 bridgehead atoms. The molecule has 2 aromatic rings. The average Bonchev–Trinajstić information content (AvgIpc) is 3.01. The van der Waals surface area contributed by atoms with Crippen molar-refractivity contribution >= 4 is 32.7 Å². The Labute approximate surface area is 133 Å². The monoisotopic (exact) mass is 322 g/mol. The van der Waals surface area contributed by atoms with Crippen LogP contribution in [0.3, 0.4) is 0 Å². The van der Waals surface area contributed by atoms with E-state index in [9.17, 15) is 4.79 Å². The third-order valence-corrected chi connectivity index (χ3v) is 5.27. The summed E-state index contributed by atoms with van der Waals surface area (Å²) in [5.74, 6) is -0.170. The summed E-state index contributed by atoms with van der Waals surface area (Å²) in [5.41, 5.74) is 7.36. The molecule has 3 N–H and O–H groups in total. The van der Waals surface area contributed by atoms with Gasteiger partial charge < -0.3 is 16.0 Å². The summed E-state index contributed by atoms with van der Waals surface area (Å²) in [6.45, 7) is 5.53. The predicted molar refractivity (Wildman–Crippen MR) is 88.0 cm³/mol. The molecule has 1 aliphatic rings. The number of primary amides is 1. The molecule has 1 fully saturated rings. The van der Waals surface area contributed by atoms with Crippen LogP contribution in [0.2, 0.25) is 0 Å². The highest BCUT2D eigenvalue weighted by molar-refractivity contribution is 7.22. The van der Waals surface area contributed by atoms with E-state index in [4.69, 9.17) is 5.73 Å². The number of nitrogens with zero attached hydrogens (tertiary/aromatic N) is 4. The van der Waals surface area contributed by atoms with E-state index in [0.29, 0.717) is 0 Å². The molecule has 8 heteroatoms. The van der Waals surface area contributed by atoms with Crippen molar-refractivity contribution in [3.8, 4) is 0 Å². The number of aromatic nitrogens is 3. The number of anilines is 1. The van der Waals surface area contributed by atoms with Crippen molar-refractivity contribution in [2.24, 2.45) is 18.7 Å². The van der Waals surface area contributed by atoms with Crippen LogP contribution in [0.25, 0.3) is 10.3 Å². The van der Waals surface area contributed by atoms with E-state index in [2.05, 4.69) is 20.3 Å². The van der Waals surface area contributed by atoms with Crippen LogP contribution in [0.15, 0.2) is 0 Å². The number of hydrogen-bond acceptors (Lipinski definition) is 6. The number of nitrogens with two attached hydrogens (primary N) is 1. The van der Waals surface area contributed by atoms with Crippen LogP contribution in [-0.2, 0) is 11.8 Å². The molecule has 3 heterocycles. The SMILES string of the molecule is Cc1nn(C)c2nc(NCCN3CCC[C@H](C(N)=O)C3)sc12. The third kappa shape index (κ3) is 3.07. The molecule has 1 saturated heterocycles. The van der Waals surface area contributed by atoms with Crippen LogP contribution in [0, 0.1) is 12.8 Å². The molecule has 1 aliphatic heterocycles. The fourth-order valence-corrected chi connectivity index (χ4v) is 3.93. The van der Waals surface area contributed by atoms with Crippen molar-refractivity contribution in [2.75, 3.05) is 31.5 Å². The fraction of sp³-hybridized carbons (Fsp3) is 0.643. The maximum atomic E-state index is 11.3. The maximum absolute atomic E-state index is 11.3. The number of aryl methyl sites for hydroxylation is 2. The molecule has 1 amide bonds. The maximum Gasteiger partial charge on any atom is 0.221 e. The summed E-state index contributed by atoms with van der Waals surface area (Å²) < 4.78 is 2.95. The Morgan fingerprint density at radius 3 is 3.09 bits per heavy atom. The summed E-state index contributed by atoms with van der Waals surface area (Å²) in [6.07, 6.45) is 1.96.